The Balaban J connectivity index is 1.93. The zero-order valence-electron chi connectivity index (χ0n) is 58.3. The Kier molecular flexibility index (Phi) is 36.6. The molecule has 1 fully saturated rings. The Morgan fingerprint density at radius 3 is 1.60 bits per heavy atom. The van der Waals surface area contributed by atoms with E-state index in [9.17, 15) is 57.8 Å². The lowest BCUT2D eigenvalue weighted by Crippen LogP contribution is -2.61. The Hall–Kier alpha value is -9.82. The first-order chi connectivity index (χ1) is 46.8. The number of likely N-dealkylation sites (tertiary alicyclic amines) is 1. The number of primary amides is 1. The van der Waals surface area contributed by atoms with Crippen molar-refractivity contribution >= 4 is 82.9 Å². The maximum absolute atomic E-state index is 14.8. The van der Waals surface area contributed by atoms with Crippen molar-refractivity contribution in [3.05, 3.63) is 64.7 Å². The number of amides is 11. The van der Waals surface area contributed by atoms with Gasteiger partial charge in [0.25, 0.3) is 0 Å². The summed E-state index contributed by atoms with van der Waals surface area (Å²) in [7, 11) is 0. The van der Waals surface area contributed by atoms with Crippen LogP contribution in [0.15, 0.2) is 57.4 Å². The second-order valence-electron chi connectivity index (χ2n) is 25.4. The van der Waals surface area contributed by atoms with E-state index in [1.165, 1.54) is 11.8 Å². The molecule has 0 saturated carbocycles. The van der Waals surface area contributed by atoms with Crippen LogP contribution >= 0.6 is 0 Å². The highest BCUT2D eigenvalue weighted by Gasteiger charge is 2.41. The number of hydrogen-bond acceptors (Lipinski definition) is 16. The standard InChI is InChI=1S/C66H109N21O12/c1-8-38(4)54(62(98)83-48(23-16-30-77-66(73)74)63(99)87-31-17-24-51(87)61(97)80-45(55(68)91)20-12-13-27-67)86-58(94)47(22-15-29-76-65(71)72)81-57(93)46(21-14-28-75-64(69)70)82-59(95)49(32-37(2)3)85-60(96)50(35-42-18-10-9-11-19-42)84-56(92)41(7)79-53(90)36-78-52(89)26-25-44-39(5)33-43(88)34-40(44)6/h9-11,18-19,33-34,37-38,41,45-51,54,88H,8,12-17,20-32,35-36,67H2,1-7H3,(H2,68,91)(H,78,89)(H,79,90)(H,80,97)(H,81,93)(H,82,95)(H,83,98)(H,84,92)(H,85,96)(H,86,94)(H4,69,70,75)(H4,71,72,76)(H4,73,74,77)/t38-,41+,45-,46-,47-,48-,49-,50-,51-,54-/m0/s1. The summed E-state index contributed by atoms with van der Waals surface area (Å²) in [4.78, 5) is 167. The van der Waals surface area contributed by atoms with Gasteiger partial charge < -0.3 is 104 Å². The van der Waals surface area contributed by atoms with Crippen LogP contribution in [-0.4, -0.2) is 187 Å². The quantitative estimate of drug-likeness (QED) is 0.0179. The second-order valence-corrected chi connectivity index (χ2v) is 25.4. The summed E-state index contributed by atoms with van der Waals surface area (Å²) in [6.45, 7) is 12.2. The lowest BCUT2D eigenvalue weighted by Gasteiger charge is -2.32. The molecule has 0 bridgehead atoms. The molecule has 3 rings (SSSR count). The summed E-state index contributed by atoms with van der Waals surface area (Å²) in [6.07, 6.45) is 2.85. The molecule has 0 aromatic heterocycles. The highest BCUT2D eigenvalue weighted by molar-refractivity contribution is 5.99. The van der Waals surface area contributed by atoms with E-state index >= 15 is 0 Å². The second kappa shape index (κ2) is 43.5. The van der Waals surface area contributed by atoms with Gasteiger partial charge >= 0.3 is 0 Å². The minimum atomic E-state index is -1.43. The number of unbranched alkanes of at least 4 members (excludes halogenated alkanes) is 1. The highest BCUT2D eigenvalue weighted by atomic mass is 16.3. The molecule has 1 heterocycles. The molecule has 2 aromatic carbocycles. The summed E-state index contributed by atoms with van der Waals surface area (Å²) in [5, 5.41) is 34.2. The monoisotopic (exact) mass is 1390 g/mol. The normalized spacial score (nSPS) is 15.3. The number of aryl methyl sites for hydroxylation is 2. The third kappa shape index (κ3) is 30.6. The van der Waals surface area contributed by atoms with Crippen molar-refractivity contribution in [3.8, 4) is 5.75 Å². The lowest BCUT2D eigenvalue weighted by molar-refractivity contribution is -0.142. The smallest absolute Gasteiger partial charge is 0.245 e. The van der Waals surface area contributed by atoms with Gasteiger partial charge in [0.1, 0.15) is 60.1 Å². The number of nitrogens with one attached hydrogen (secondary N) is 9. The number of aromatic hydroxyl groups is 1. The molecule has 11 amide bonds. The third-order valence-corrected chi connectivity index (χ3v) is 16.7. The first kappa shape index (κ1) is 83.4. The van der Waals surface area contributed by atoms with E-state index < -0.39 is 132 Å². The van der Waals surface area contributed by atoms with Gasteiger partial charge in [0.05, 0.1) is 6.54 Å². The van der Waals surface area contributed by atoms with E-state index in [-0.39, 0.29) is 126 Å². The number of hydrogen-bond donors (Lipinski definition) is 18. The van der Waals surface area contributed by atoms with Gasteiger partial charge in [-0.2, -0.15) is 0 Å². The molecule has 1 aliphatic rings. The summed E-state index contributed by atoms with van der Waals surface area (Å²) in [5.41, 5.74) is 48.1. The number of guanidine groups is 3. The Morgan fingerprint density at radius 2 is 1.07 bits per heavy atom. The number of carbonyl (C=O) groups excluding carboxylic acids is 11. The molecular weight excluding hydrogens is 1280 g/mol. The zero-order chi connectivity index (χ0) is 73.9. The summed E-state index contributed by atoms with van der Waals surface area (Å²) < 4.78 is 0. The van der Waals surface area contributed by atoms with E-state index in [4.69, 9.17) is 45.9 Å². The summed E-state index contributed by atoms with van der Waals surface area (Å²) >= 11 is 0. The van der Waals surface area contributed by atoms with Gasteiger partial charge in [0.2, 0.25) is 65.0 Å². The Morgan fingerprint density at radius 1 is 0.576 bits per heavy atom. The number of nitrogens with zero attached hydrogens (tertiary/aromatic N) is 4. The van der Waals surface area contributed by atoms with Crippen molar-refractivity contribution in [2.75, 3.05) is 39.3 Å². The van der Waals surface area contributed by atoms with Gasteiger partial charge in [0, 0.05) is 39.0 Å². The van der Waals surface area contributed by atoms with E-state index in [1.807, 2.05) is 13.8 Å². The van der Waals surface area contributed by atoms with Crippen molar-refractivity contribution in [3.63, 3.8) is 0 Å². The topological polar surface area (TPSA) is 565 Å². The first-order valence-corrected chi connectivity index (χ1v) is 33.8. The van der Waals surface area contributed by atoms with E-state index in [1.54, 1.807) is 70.2 Å². The van der Waals surface area contributed by atoms with Crippen LogP contribution in [0.5, 0.6) is 5.75 Å². The van der Waals surface area contributed by atoms with Crippen molar-refractivity contribution in [2.45, 2.75) is 206 Å². The number of rotatable bonds is 44. The average Bonchev–Trinajstić information content (AvgIpc) is 1.81. The third-order valence-electron chi connectivity index (χ3n) is 16.7. The molecule has 10 atom stereocenters. The molecule has 33 nitrogen and oxygen atoms in total. The maximum atomic E-state index is 14.8. The fourth-order valence-corrected chi connectivity index (χ4v) is 11.2. The average molecular weight is 1390 g/mol. The molecule has 0 radical (unpaired) electrons. The van der Waals surface area contributed by atoms with Crippen molar-refractivity contribution in [2.24, 2.45) is 72.7 Å². The van der Waals surface area contributed by atoms with Crippen LogP contribution in [0, 0.1) is 25.7 Å². The Bertz CT molecular complexity index is 3100. The van der Waals surface area contributed by atoms with Gasteiger partial charge in [-0.3, -0.25) is 67.7 Å². The van der Waals surface area contributed by atoms with Crippen LogP contribution in [-0.2, 0) is 65.6 Å². The van der Waals surface area contributed by atoms with Gasteiger partial charge in [-0.25, -0.2) is 0 Å². The van der Waals surface area contributed by atoms with Crippen LogP contribution in [0.2, 0.25) is 0 Å². The van der Waals surface area contributed by atoms with Crippen molar-refractivity contribution < 1.29 is 57.8 Å². The molecule has 550 valence electrons. The van der Waals surface area contributed by atoms with E-state index in [2.05, 4.69) is 62.8 Å². The van der Waals surface area contributed by atoms with E-state index in [0.29, 0.717) is 44.2 Å². The minimum absolute atomic E-state index is 0.00619. The first-order valence-electron chi connectivity index (χ1n) is 33.8. The summed E-state index contributed by atoms with van der Waals surface area (Å²) in [6, 6.07) is 0.491. The summed E-state index contributed by atoms with van der Waals surface area (Å²) in [5.74, 6) is -9.39. The molecule has 0 unspecified atom stereocenters. The van der Waals surface area contributed by atoms with Crippen molar-refractivity contribution in [1.82, 2.24) is 52.8 Å². The Labute approximate surface area is 579 Å². The van der Waals surface area contributed by atoms with Crippen LogP contribution < -0.4 is 93.7 Å². The van der Waals surface area contributed by atoms with Crippen LogP contribution in [0.25, 0.3) is 0 Å². The van der Waals surface area contributed by atoms with Gasteiger partial charge in [-0.15, -0.1) is 0 Å². The molecule has 33 heteroatoms. The molecule has 0 aliphatic carbocycles. The minimum Gasteiger partial charge on any atom is -0.508 e. The molecule has 1 saturated heterocycles. The van der Waals surface area contributed by atoms with E-state index in [0.717, 1.165) is 16.7 Å². The molecule has 2 aromatic rings. The molecule has 99 heavy (non-hydrogen) atoms. The van der Waals surface area contributed by atoms with Crippen LogP contribution in [0.3, 0.4) is 0 Å². The molecule has 26 N–H and O–H groups in total. The largest absolute Gasteiger partial charge is 0.508 e. The predicted molar refractivity (Wildman–Crippen MR) is 376 cm³/mol. The molecular formula is C66H109N21O12. The van der Waals surface area contributed by atoms with Crippen molar-refractivity contribution in [1.29, 1.82) is 0 Å². The van der Waals surface area contributed by atoms with Gasteiger partial charge in [-0.05, 0) is 157 Å². The molecule has 1 aliphatic heterocycles. The zero-order valence-corrected chi connectivity index (χ0v) is 58.3. The number of carbonyl (C=O) groups is 11. The SMILES string of the molecule is CC[C@H](C)[C@H](NC(=O)[C@H](CCCN=C(N)N)NC(=O)[C@H](CCCN=C(N)N)NC(=O)[C@H](CC(C)C)NC(=O)[C@H](Cc1ccccc1)NC(=O)[C@@H](C)NC(=O)CNC(=O)CCc1c(C)cc(O)cc1C)C(=O)N[C@@H](CCCN=C(N)N)C(=O)N1CCC[C@H]1C(=O)N[C@@H](CCCCN)C(N)=O. The molecule has 0 spiro atoms. The predicted octanol–water partition coefficient (Wildman–Crippen LogP) is -2.94. The fraction of sp³-hybridized carbons (Fsp3) is 0.606. The number of phenolic OH excluding ortho intramolecular Hbond substituents is 1. The van der Waals surface area contributed by atoms with Gasteiger partial charge in [-0.1, -0.05) is 64.4 Å². The number of phenols is 1. The lowest BCUT2D eigenvalue weighted by atomic mass is 9.96. The highest BCUT2D eigenvalue weighted by Crippen LogP contribution is 2.24. The van der Waals surface area contributed by atoms with Gasteiger partial charge in [0.15, 0.2) is 17.9 Å². The maximum Gasteiger partial charge on any atom is 0.245 e. The number of aliphatic imine (C=N–C) groups is 3. The fourth-order valence-electron chi connectivity index (χ4n) is 11.2. The number of nitrogens with two attached hydrogens (primary N) is 8. The number of benzene rings is 2. The van der Waals surface area contributed by atoms with Crippen LogP contribution in [0.1, 0.15) is 147 Å². The van der Waals surface area contributed by atoms with Crippen LogP contribution in [0.4, 0.5) is 0 Å².